The van der Waals surface area contributed by atoms with Crippen molar-refractivity contribution in [1.29, 1.82) is 0 Å². The van der Waals surface area contributed by atoms with Gasteiger partial charge >= 0.3 is 5.24 Å². The average Bonchev–Trinajstić information content (AvgIpc) is 3.66. The van der Waals surface area contributed by atoms with Gasteiger partial charge in [0.15, 0.2) is 0 Å². The molecule has 1 saturated heterocycles. The van der Waals surface area contributed by atoms with E-state index in [1.54, 1.807) is 0 Å². The summed E-state index contributed by atoms with van der Waals surface area (Å²) in [6.07, 6.45) is 0. The van der Waals surface area contributed by atoms with Crippen molar-refractivity contribution in [3.63, 3.8) is 0 Å². The van der Waals surface area contributed by atoms with Crippen molar-refractivity contribution in [2.45, 2.75) is 22.4 Å². The molecule has 9 rings (SSSR count). The minimum Gasteiger partial charge on any atom is -0.429 e. The first-order valence-corrected chi connectivity index (χ1v) is 21.7. The fourth-order valence-corrected chi connectivity index (χ4v) is 8.72. The van der Waals surface area contributed by atoms with E-state index in [9.17, 15) is 0 Å². The highest BCUT2D eigenvalue weighted by molar-refractivity contribution is 7.79. The van der Waals surface area contributed by atoms with Gasteiger partial charge in [-0.05, 0) is 69.5 Å². The number of hydrogen-bond acceptors (Lipinski definition) is 5. The maximum Gasteiger partial charge on any atom is 0.355 e. The lowest BCUT2D eigenvalue weighted by molar-refractivity contribution is -0.119. The van der Waals surface area contributed by atoms with Gasteiger partial charge in [0.2, 0.25) is 11.2 Å². The molecule has 0 aromatic heterocycles. The highest BCUT2D eigenvalue weighted by Gasteiger charge is 2.64. The van der Waals surface area contributed by atoms with Gasteiger partial charge in [-0.15, -0.1) is 0 Å². The Balaban J connectivity index is 1.29. The number of hydrogen-bond donors (Lipinski definition) is 0. The van der Waals surface area contributed by atoms with Crippen LogP contribution in [0.3, 0.4) is 0 Å². The van der Waals surface area contributed by atoms with Gasteiger partial charge in [0.25, 0.3) is 0 Å². The van der Waals surface area contributed by atoms with E-state index in [4.69, 9.17) is 31.2 Å². The molecule has 0 spiro atoms. The quantitative estimate of drug-likeness (QED) is 0.0695. The summed E-state index contributed by atoms with van der Waals surface area (Å²) in [7, 11) is 0. The first-order valence-electron chi connectivity index (χ1n) is 21.2. The minimum atomic E-state index is -1.68. The Hall–Kier alpha value is -7.51. The van der Waals surface area contributed by atoms with E-state index in [1.807, 2.05) is 170 Å². The molecule has 2 unspecified atom stereocenters. The summed E-state index contributed by atoms with van der Waals surface area (Å²) in [5, 5.41) is -0.119. The van der Waals surface area contributed by atoms with Crippen LogP contribution in [-0.2, 0) is 30.1 Å². The topological polar surface area (TPSA) is 36.9 Å². The maximum absolute atomic E-state index is 7.61. The fraction of sp³-hybridized carbons (Fsp3) is 0.102. The SMILES string of the molecule is S=C1OC(C#Cc2ccccc2)(COC(c2ccccc2)(c2ccccc2)c2ccccc2)C(C#Cc2ccccc2)(COC(c2ccccc2)(c2ccccc2)c2ccccc2)O1. The molecule has 8 aromatic carbocycles. The minimum absolute atomic E-state index is 0.119. The summed E-state index contributed by atoms with van der Waals surface area (Å²) in [5.74, 6) is 14.0. The Morgan fingerprint density at radius 3 is 0.797 bits per heavy atom. The molecular formula is C59H44O4S. The van der Waals surface area contributed by atoms with Crippen LogP contribution >= 0.6 is 12.2 Å². The smallest absolute Gasteiger partial charge is 0.355 e. The van der Waals surface area contributed by atoms with Crippen molar-refractivity contribution in [3.05, 3.63) is 287 Å². The van der Waals surface area contributed by atoms with Gasteiger partial charge in [-0.3, -0.25) is 0 Å². The summed E-state index contributed by atoms with van der Waals surface area (Å²) in [5.41, 5.74) is 1.33. The summed E-state index contributed by atoms with van der Waals surface area (Å²) in [6, 6.07) is 80.8. The van der Waals surface area contributed by atoms with E-state index < -0.39 is 22.4 Å². The van der Waals surface area contributed by atoms with E-state index in [1.165, 1.54) is 0 Å². The normalized spacial score (nSPS) is 16.8. The Kier molecular flexibility index (Phi) is 12.3. The zero-order valence-electron chi connectivity index (χ0n) is 35.0. The second kappa shape index (κ2) is 18.9. The molecule has 1 aliphatic heterocycles. The van der Waals surface area contributed by atoms with Gasteiger partial charge in [0.1, 0.15) is 24.4 Å². The Labute approximate surface area is 381 Å². The molecule has 0 N–H and O–H groups in total. The van der Waals surface area contributed by atoms with Crippen LogP contribution < -0.4 is 0 Å². The molecule has 0 aliphatic carbocycles. The molecule has 8 aromatic rings. The zero-order chi connectivity index (χ0) is 43.6. The van der Waals surface area contributed by atoms with Crippen molar-refractivity contribution < 1.29 is 18.9 Å². The molecular weight excluding hydrogens is 805 g/mol. The van der Waals surface area contributed by atoms with E-state index in [2.05, 4.69) is 96.5 Å². The van der Waals surface area contributed by atoms with Gasteiger partial charge in [-0.25, -0.2) is 0 Å². The lowest BCUT2D eigenvalue weighted by Crippen LogP contribution is -2.58. The molecule has 1 fully saturated rings. The van der Waals surface area contributed by atoms with Crippen LogP contribution in [0.4, 0.5) is 0 Å². The van der Waals surface area contributed by atoms with Crippen LogP contribution in [0.2, 0.25) is 0 Å². The standard InChI is InChI=1S/C59H44O4S/c64-55-62-56(43-41-47-25-9-1-10-26-47,45-60-58(49-29-13-3-14-30-49,50-31-15-4-16-32-50)51-33-17-5-18-34-51)57(63-55,44-42-48-27-11-2-12-28-48)46-61-59(52-35-19-6-20-36-52,53-37-21-7-22-38-53)54-39-23-8-24-40-54/h1-40H,45-46H2. The van der Waals surface area contributed by atoms with Gasteiger partial charge in [-0.1, -0.05) is 230 Å². The molecule has 0 radical (unpaired) electrons. The molecule has 0 saturated carbocycles. The fourth-order valence-electron chi connectivity index (χ4n) is 8.43. The third-order valence-electron chi connectivity index (χ3n) is 11.6. The molecule has 0 bridgehead atoms. The predicted molar refractivity (Wildman–Crippen MR) is 257 cm³/mol. The Morgan fingerprint density at radius 1 is 0.344 bits per heavy atom. The van der Waals surface area contributed by atoms with Crippen LogP contribution in [0.15, 0.2) is 243 Å². The van der Waals surface area contributed by atoms with Crippen LogP contribution in [0, 0.1) is 23.7 Å². The average molecular weight is 849 g/mol. The van der Waals surface area contributed by atoms with E-state index in [0.717, 1.165) is 44.5 Å². The highest BCUT2D eigenvalue weighted by atomic mass is 32.1. The number of rotatable bonds is 12. The Bertz CT molecular complexity index is 2500. The predicted octanol–water partition coefficient (Wildman–Crippen LogP) is 11.9. The Morgan fingerprint density at radius 2 is 0.562 bits per heavy atom. The van der Waals surface area contributed by atoms with Crippen molar-refractivity contribution in [2.75, 3.05) is 13.2 Å². The third-order valence-corrected chi connectivity index (χ3v) is 11.8. The molecule has 1 aliphatic rings. The largest absolute Gasteiger partial charge is 0.429 e. The monoisotopic (exact) mass is 848 g/mol. The molecule has 5 heteroatoms. The number of thiocarbonyl (C=S) groups is 1. The summed E-state index contributed by atoms with van der Waals surface area (Å²) in [4.78, 5) is 0. The lowest BCUT2D eigenvalue weighted by Gasteiger charge is -2.42. The molecule has 64 heavy (non-hydrogen) atoms. The van der Waals surface area contributed by atoms with Crippen LogP contribution in [0.25, 0.3) is 0 Å². The second-order valence-corrected chi connectivity index (χ2v) is 15.8. The molecule has 2 atom stereocenters. The second-order valence-electron chi connectivity index (χ2n) is 15.5. The molecule has 4 nitrogen and oxygen atoms in total. The van der Waals surface area contributed by atoms with E-state index >= 15 is 0 Å². The van der Waals surface area contributed by atoms with Crippen molar-refractivity contribution in [2.24, 2.45) is 0 Å². The summed E-state index contributed by atoms with van der Waals surface area (Å²) < 4.78 is 29.0. The van der Waals surface area contributed by atoms with Crippen LogP contribution in [0.5, 0.6) is 0 Å². The molecule has 1 heterocycles. The molecule has 0 amide bonds. The summed E-state index contributed by atoms with van der Waals surface area (Å²) in [6.45, 7) is -0.318. The van der Waals surface area contributed by atoms with Gasteiger partial charge < -0.3 is 18.9 Å². The third kappa shape index (κ3) is 8.25. The van der Waals surface area contributed by atoms with Crippen molar-refractivity contribution in [1.82, 2.24) is 0 Å². The first kappa shape index (κ1) is 41.8. The van der Waals surface area contributed by atoms with Crippen molar-refractivity contribution >= 4 is 17.5 Å². The lowest BCUT2D eigenvalue weighted by atomic mass is 9.78. The number of benzene rings is 8. The van der Waals surface area contributed by atoms with Crippen LogP contribution in [0.1, 0.15) is 44.5 Å². The first-order chi connectivity index (χ1) is 31.6. The van der Waals surface area contributed by atoms with Gasteiger partial charge in [-0.2, -0.15) is 0 Å². The maximum atomic E-state index is 7.61. The van der Waals surface area contributed by atoms with Crippen LogP contribution in [-0.4, -0.2) is 29.7 Å². The highest BCUT2D eigenvalue weighted by Crippen LogP contribution is 2.47. The zero-order valence-corrected chi connectivity index (χ0v) is 35.9. The van der Waals surface area contributed by atoms with Gasteiger partial charge in [0.05, 0.1) is 0 Å². The number of ether oxygens (including phenoxy) is 4. The summed E-state index contributed by atoms with van der Waals surface area (Å²) >= 11 is 5.96. The van der Waals surface area contributed by atoms with Crippen molar-refractivity contribution in [3.8, 4) is 23.7 Å². The van der Waals surface area contributed by atoms with E-state index in [0.29, 0.717) is 0 Å². The van der Waals surface area contributed by atoms with E-state index in [-0.39, 0.29) is 18.5 Å². The van der Waals surface area contributed by atoms with Gasteiger partial charge in [0, 0.05) is 23.3 Å². The molecule has 310 valence electrons.